The largest absolute Gasteiger partial charge is 0.503 e. The van der Waals surface area contributed by atoms with E-state index in [4.69, 9.17) is 9.15 Å². The predicted molar refractivity (Wildman–Crippen MR) is 150 cm³/mol. The van der Waals surface area contributed by atoms with Crippen LogP contribution in [-0.4, -0.2) is 49.4 Å². The van der Waals surface area contributed by atoms with Gasteiger partial charge < -0.3 is 24.1 Å². The number of amides is 1. The molecule has 2 heterocycles. The number of aliphatic hydroxyl groups excluding tert-OH is 1. The van der Waals surface area contributed by atoms with Gasteiger partial charge in [-0.15, -0.1) is 0 Å². The van der Waals surface area contributed by atoms with Crippen molar-refractivity contribution in [3.63, 3.8) is 0 Å². The number of Topliss-reactive ketones (excluding diaryl/α,β-unsaturated/α-hetero) is 1. The molecule has 0 saturated heterocycles. The second-order valence-corrected chi connectivity index (χ2v) is 10.3. The van der Waals surface area contributed by atoms with Gasteiger partial charge >= 0.3 is 0 Å². The first-order chi connectivity index (χ1) is 18.3. The molecule has 0 bridgehead atoms. The Morgan fingerprint density at radius 2 is 1.76 bits per heavy atom. The first-order valence-electron chi connectivity index (χ1n) is 12.1. The molecule has 0 fully saturated rings. The molecule has 5 rings (SSSR count). The van der Waals surface area contributed by atoms with Gasteiger partial charge in [0.25, 0.3) is 5.91 Å². The molecular weight excluding hydrogens is 548 g/mol. The molecule has 194 valence electrons. The minimum atomic E-state index is -0.760. The average molecular weight is 575 g/mol. The Morgan fingerprint density at radius 1 is 1.05 bits per heavy atom. The van der Waals surface area contributed by atoms with Crippen LogP contribution in [-0.2, 0) is 11.2 Å². The molecule has 1 N–H and O–H groups in total. The van der Waals surface area contributed by atoms with Crippen molar-refractivity contribution >= 4 is 44.3 Å². The van der Waals surface area contributed by atoms with Gasteiger partial charge in [0.05, 0.1) is 18.7 Å². The number of hydrogen-bond acceptors (Lipinski definition) is 6. The lowest BCUT2D eigenvalue weighted by atomic mass is 9.94. The summed E-state index contributed by atoms with van der Waals surface area (Å²) in [6.07, 6.45) is 0.537. The smallest absolute Gasteiger partial charge is 0.290 e. The standard InChI is InChI=1S/C30H27BrN2O5/c1-32(2)22-9-6-19(7-10-22)27-26(28(34)25-17-20-16-21(31)8-13-24(20)38-25)29(35)30(36)33(27)15-14-18-4-11-23(37-3)12-5-18/h4-13,16-17,27,35H,14-15H2,1-3H3. The van der Waals surface area contributed by atoms with Crippen molar-refractivity contribution in [2.75, 3.05) is 32.6 Å². The van der Waals surface area contributed by atoms with E-state index in [1.807, 2.05) is 79.7 Å². The molecule has 1 unspecified atom stereocenters. The molecule has 1 atom stereocenters. The van der Waals surface area contributed by atoms with Gasteiger partial charge in [-0.2, -0.15) is 0 Å². The van der Waals surface area contributed by atoms with E-state index in [9.17, 15) is 14.7 Å². The molecule has 0 aliphatic carbocycles. The van der Waals surface area contributed by atoms with Crippen LogP contribution in [0.3, 0.4) is 0 Å². The summed E-state index contributed by atoms with van der Waals surface area (Å²) in [5.41, 5.74) is 3.27. The molecule has 0 spiro atoms. The predicted octanol–water partition coefficient (Wildman–Crippen LogP) is 6.09. The first kappa shape index (κ1) is 25.6. The summed E-state index contributed by atoms with van der Waals surface area (Å²) >= 11 is 3.43. The maximum absolute atomic E-state index is 13.8. The van der Waals surface area contributed by atoms with Crippen LogP contribution in [0.25, 0.3) is 11.0 Å². The highest BCUT2D eigenvalue weighted by atomic mass is 79.9. The molecule has 0 radical (unpaired) electrons. The van der Waals surface area contributed by atoms with E-state index in [1.54, 1.807) is 24.1 Å². The topological polar surface area (TPSA) is 83.2 Å². The average Bonchev–Trinajstić information content (AvgIpc) is 3.45. The molecule has 1 aliphatic heterocycles. The molecule has 38 heavy (non-hydrogen) atoms. The molecule has 1 aliphatic rings. The molecule has 4 aromatic rings. The van der Waals surface area contributed by atoms with Crippen molar-refractivity contribution in [2.24, 2.45) is 0 Å². The fourth-order valence-corrected chi connectivity index (χ4v) is 5.10. The maximum Gasteiger partial charge on any atom is 0.290 e. The summed E-state index contributed by atoms with van der Waals surface area (Å²) in [6.45, 7) is 0.305. The van der Waals surface area contributed by atoms with Crippen LogP contribution in [0.2, 0.25) is 0 Å². The van der Waals surface area contributed by atoms with Crippen molar-refractivity contribution in [3.05, 3.63) is 105 Å². The highest BCUT2D eigenvalue weighted by Gasteiger charge is 2.44. The zero-order valence-corrected chi connectivity index (χ0v) is 22.9. The van der Waals surface area contributed by atoms with Gasteiger partial charge in [-0.05, 0) is 66.1 Å². The van der Waals surface area contributed by atoms with Crippen molar-refractivity contribution < 1.29 is 23.8 Å². The Labute approximate surface area is 229 Å². The number of fused-ring (bicyclic) bond motifs is 1. The maximum atomic E-state index is 13.8. The zero-order valence-electron chi connectivity index (χ0n) is 21.3. The lowest BCUT2D eigenvalue weighted by molar-refractivity contribution is -0.129. The third kappa shape index (κ3) is 4.79. The molecule has 0 saturated carbocycles. The quantitative estimate of drug-likeness (QED) is 0.256. The fraction of sp³-hybridized carbons (Fsp3) is 0.200. The van der Waals surface area contributed by atoms with Crippen LogP contribution in [0.4, 0.5) is 5.69 Å². The Balaban J connectivity index is 1.52. The number of benzene rings is 3. The number of ketones is 1. The third-order valence-corrected chi connectivity index (χ3v) is 7.27. The van der Waals surface area contributed by atoms with Crippen LogP contribution < -0.4 is 9.64 Å². The summed E-state index contributed by atoms with van der Waals surface area (Å²) in [7, 11) is 5.49. The van der Waals surface area contributed by atoms with Crippen LogP contribution >= 0.6 is 15.9 Å². The van der Waals surface area contributed by atoms with Crippen molar-refractivity contribution in [3.8, 4) is 5.75 Å². The van der Waals surface area contributed by atoms with Gasteiger partial charge in [0, 0.05) is 36.2 Å². The molecule has 8 heteroatoms. The number of aliphatic hydroxyl groups is 1. The van der Waals surface area contributed by atoms with Crippen LogP contribution in [0.5, 0.6) is 5.75 Å². The highest BCUT2D eigenvalue weighted by molar-refractivity contribution is 9.10. The number of methoxy groups -OCH3 is 1. The summed E-state index contributed by atoms with van der Waals surface area (Å²) in [5, 5.41) is 11.8. The monoisotopic (exact) mass is 574 g/mol. The van der Waals surface area contributed by atoms with E-state index >= 15 is 0 Å². The van der Waals surface area contributed by atoms with Crippen LogP contribution in [0.15, 0.2) is 93.0 Å². The molecular formula is C30H27BrN2O5. The zero-order chi connectivity index (χ0) is 27.0. The second-order valence-electron chi connectivity index (χ2n) is 9.37. The second kappa shape index (κ2) is 10.4. The minimum absolute atomic E-state index is 0.0143. The Kier molecular flexibility index (Phi) is 6.99. The molecule has 7 nitrogen and oxygen atoms in total. The van der Waals surface area contributed by atoms with Crippen LogP contribution in [0, 0.1) is 0 Å². The first-order valence-corrected chi connectivity index (χ1v) is 12.9. The normalized spacial score (nSPS) is 15.4. The number of anilines is 1. The van der Waals surface area contributed by atoms with E-state index in [1.165, 1.54) is 0 Å². The van der Waals surface area contributed by atoms with Crippen molar-refractivity contribution in [1.29, 1.82) is 0 Å². The summed E-state index contributed by atoms with van der Waals surface area (Å²) in [5.74, 6) is -0.832. The van der Waals surface area contributed by atoms with Gasteiger partial charge in [-0.3, -0.25) is 9.59 Å². The summed E-state index contributed by atoms with van der Waals surface area (Å²) < 4.78 is 11.9. The third-order valence-electron chi connectivity index (χ3n) is 6.78. The van der Waals surface area contributed by atoms with E-state index in [2.05, 4.69) is 15.9 Å². The highest BCUT2D eigenvalue weighted by Crippen LogP contribution is 2.40. The fourth-order valence-electron chi connectivity index (χ4n) is 4.72. The summed E-state index contributed by atoms with van der Waals surface area (Å²) in [4.78, 5) is 30.7. The number of hydrogen-bond donors (Lipinski definition) is 1. The Bertz CT molecular complexity index is 1540. The van der Waals surface area contributed by atoms with Crippen LogP contribution in [0.1, 0.15) is 27.7 Å². The minimum Gasteiger partial charge on any atom is -0.503 e. The lowest BCUT2D eigenvalue weighted by Crippen LogP contribution is -2.33. The molecule has 3 aromatic carbocycles. The van der Waals surface area contributed by atoms with Crippen molar-refractivity contribution in [1.82, 2.24) is 4.90 Å². The number of halogens is 1. The number of ether oxygens (including phenoxy) is 1. The van der Waals surface area contributed by atoms with E-state index in [0.29, 0.717) is 18.5 Å². The van der Waals surface area contributed by atoms with E-state index in [0.717, 1.165) is 32.4 Å². The van der Waals surface area contributed by atoms with Gasteiger partial charge in [0.1, 0.15) is 11.3 Å². The molecule has 1 amide bonds. The lowest BCUT2D eigenvalue weighted by Gasteiger charge is -2.27. The van der Waals surface area contributed by atoms with Gasteiger partial charge in [-0.1, -0.05) is 40.2 Å². The number of rotatable bonds is 8. The number of furan rings is 1. The number of carbonyl (C=O) groups excluding carboxylic acids is 2. The Morgan fingerprint density at radius 3 is 2.42 bits per heavy atom. The number of carbonyl (C=O) groups is 2. The van der Waals surface area contributed by atoms with Gasteiger partial charge in [-0.25, -0.2) is 0 Å². The van der Waals surface area contributed by atoms with Crippen molar-refractivity contribution in [2.45, 2.75) is 12.5 Å². The van der Waals surface area contributed by atoms with Gasteiger partial charge in [0.15, 0.2) is 11.5 Å². The molecule has 1 aromatic heterocycles. The number of nitrogens with zero attached hydrogens (tertiary/aromatic N) is 2. The van der Waals surface area contributed by atoms with E-state index < -0.39 is 23.5 Å². The van der Waals surface area contributed by atoms with Gasteiger partial charge in [0.2, 0.25) is 5.78 Å². The SMILES string of the molecule is COc1ccc(CCN2C(=O)C(O)=C(C(=O)c3cc4cc(Br)ccc4o3)C2c2ccc(N(C)C)cc2)cc1. The Hall–Kier alpha value is -4.04. The summed E-state index contributed by atoms with van der Waals surface area (Å²) in [6, 6.07) is 21.5. The van der Waals surface area contributed by atoms with E-state index in [-0.39, 0.29) is 11.3 Å².